The summed E-state index contributed by atoms with van der Waals surface area (Å²) in [6, 6.07) is 6.46. The Kier molecular flexibility index (Phi) is 5.72. The number of rotatable bonds is 8. The van der Waals surface area contributed by atoms with Crippen LogP contribution in [0, 0.1) is 0 Å². The summed E-state index contributed by atoms with van der Waals surface area (Å²) in [6.45, 7) is 1.80. The number of benzene rings is 1. The van der Waals surface area contributed by atoms with Crippen LogP contribution in [-0.2, 0) is 4.79 Å². The Balaban J connectivity index is 2.34. The van der Waals surface area contributed by atoms with Crippen molar-refractivity contribution in [3.63, 3.8) is 0 Å². The van der Waals surface area contributed by atoms with Crippen molar-refractivity contribution in [2.24, 2.45) is 11.5 Å². The quantitative estimate of drug-likeness (QED) is 0.559. The minimum atomic E-state index is -0.682. The molecule has 0 saturated heterocycles. The van der Waals surface area contributed by atoms with Gasteiger partial charge in [0.1, 0.15) is 23.2 Å². The van der Waals surface area contributed by atoms with Crippen LogP contribution in [0.4, 0.5) is 17.5 Å². The molecule has 1 aromatic heterocycles. The van der Waals surface area contributed by atoms with Gasteiger partial charge in [0, 0.05) is 18.0 Å². The standard InChI is InChI=1S/C16H20N6O3/c1-3-12(14(18)24)21-16-19-8-11(13(17)23)15(22-16)20-9-5-4-6-10(7-9)25-2/h4-8,12H,3H2,1-2H3,(H2,17,23)(H2,18,24)(H2,19,20,21,22). The van der Waals surface area contributed by atoms with E-state index < -0.39 is 17.9 Å². The molecule has 1 unspecified atom stereocenters. The first kappa shape index (κ1) is 18.0. The van der Waals surface area contributed by atoms with Crippen LogP contribution in [0.2, 0.25) is 0 Å². The molecule has 1 atom stereocenters. The predicted octanol–water partition coefficient (Wildman–Crippen LogP) is 1.00. The molecule has 0 saturated carbocycles. The average Bonchev–Trinajstić information content (AvgIpc) is 2.59. The lowest BCUT2D eigenvalue weighted by Gasteiger charge is -2.15. The van der Waals surface area contributed by atoms with Gasteiger partial charge < -0.3 is 26.8 Å². The van der Waals surface area contributed by atoms with Gasteiger partial charge in [-0.1, -0.05) is 13.0 Å². The topological polar surface area (TPSA) is 145 Å². The van der Waals surface area contributed by atoms with E-state index in [4.69, 9.17) is 16.2 Å². The molecule has 0 spiro atoms. The minimum absolute atomic E-state index is 0.112. The number of methoxy groups -OCH3 is 1. The molecule has 9 heteroatoms. The van der Waals surface area contributed by atoms with Crippen molar-refractivity contribution in [2.75, 3.05) is 17.7 Å². The van der Waals surface area contributed by atoms with Crippen molar-refractivity contribution in [1.29, 1.82) is 0 Å². The highest BCUT2D eigenvalue weighted by Crippen LogP contribution is 2.23. The largest absolute Gasteiger partial charge is 0.497 e. The fraction of sp³-hybridized carbons (Fsp3) is 0.250. The van der Waals surface area contributed by atoms with E-state index in [1.807, 2.05) is 0 Å². The SMILES string of the molecule is CCC(Nc1ncc(C(N)=O)c(Nc2cccc(OC)c2)n1)C(N)=O. The summed E-state index contributed by atoms with van der Waals surface area (Å²) in [5.41, 5.74) is 11.4. The summed E-state index contributed by atoms with van der Waals surface area (Å²) in [4.78, 5) is 31.2. The Morgan fingerprint density at radius 1 is 1.32 bits per heavy atom. The van der Waals surface area contributed by atoms with Gasteiger partial charge in [0.2, 0.25) is 11.9 Å². The maximum absolute atomic E-state index is 11.6. The summed E-state index contributed by atoms with van der Waals surface area (Å²) in [6.07, 6.45) is 1.75. The zero-order valence-electron chi connectivity index (χ0n) is 13.9. The number of carbonyl (C=O) groups is 2. The first-order valence-electron chi connectivity index (χ1n) is 7.58. The van der Waals surface area contributed by atoms with E-state index in [9.17, 15) is 9.59 Å². The van der Waals surface area contributed by atoms with E-state index in [-0.39, 0.29) is 17.3 Å². The smallest absolute Gasteiger partial charge is 0.254 e. The van der Waals surface area contributed by atoms with Crippen molar-refractivity contribution in [3.05, 3.63) is 36.0 Å². The zero-order chi connectivity index (χ0) is 18.4. The molecular formula is C16H20N6O3. The molecule has 1 heterocycles. The van der Waals surface area contributed by atoms with Crippen LogP contribution in [0.25, 0.3) is 0 Å². The second-order valence-corrected chi connectivity index (χ2v) is 5.18. The highest BCUT2D eigenvalue weighted by atomic mass is 16.5. The number of nitrogens with one attached hydrogen (secondary N) is 2. The summed E-state index contributed by atoms with van der Waals surface area (Å²) in [5.74, 6) is -0.206. The summed E-state index contributed by atoms with van der Waals surface area (Å²) in [7, 11) is 1.55. The van der Waals surface area contributed by atoms with E-state index >= 15 is 0 Å². The molecule has 0 radical (unpaired) electrons. The van der Waals surface area contributed by atoms with Crippen LogP contribution in [0.5, 0.6) is 5.75 Å². The number of amides is 2. The van der Waals surface area contributed by atoms with Crippen LogP contribution in [0.1, 0.15) is 23.7 Å². The van der Waals surface area contributed by atoms with Crippen LogP contribution < -0.4 is 26.8 Å². The summed E-state index contributed by atoms with van der Waals surface area (Å²) in [5, 5.41) is 5.83. The van der Waals surface area contributed by atoms with Gasteiger partial charge in [-0.25, -0.2) is 4.98 Å². The zero-order valence-corrected chi connectivity index (χ0v) is 13.9. The highest BCUT2D eigenvalue weighted by molar-refractivity contribution is 5.98. The van der Waals surface area contributed by atoms with Gasteiger partial charge in [-0.05, 0) is 18.6 Å². The van der Waals surface area contributed by atoms with Crippen LogP contribution >= 0.6 is 0 Å². The molecule has 6 N–H and O–H groups in total. The lowest BCUT2D eigenvalue weighted by molar-refractivity contribution is -0.118. The van der Waals surface area contributed by atoms with Gasteiger partial charge in [0.05, 0.1) is 7.11 Å². The number of nitrogens with zero attached hydrogens (tertiary/aromatic N) is 2. The lowest BCUT2D eigenvalue weighted by Crippen LogP contribution is -2.35. The molecule has 2 amide bonds. The molecule has 132 valence electrons. The number of hydrogen-bond acceptors (Lipinski definition) is 7. The highest BCUT2D eigenvalue weighted by Gasteiger charge is 2.17. The number of hydrogen-bond donors (Lipinski definition) is 4. The molecule has 2 rings (SSSR count). The molecule has 0 aliphatic rings. The predicted molar refractivity (Wildman–Crippen MR) is 93.7 cm³/mol. The monoisotopic (exact) mass is 344 g/mol. The minimum Gasteiger partial charge on any atom is -0.497 e. The Labute approximate surface area is 144 Å². The van der Waals surface area contributed by atoms with Crippen molar-refractivity contribution < 1.29 is 14.3 Å². The van der Waals surface area contributed by atoms with Gasteiger partial charge in [-0.15, -0.1) is 0 Å². The normalized spacial score (nSPS) is 11.4. The van der Waals surface area contributed by atoms with Gasteiger partial charge in [0.25, 0.3) is 5.91 Å². The molecule has 1 aromatic carbocycles. The van der Waals surface area contributed by atoms with Crippen LogP contribution in [-0.4, -0.2) is 34.9 Å². The number of ether oxygens (including phenoxy) is 1. The van der Waals surface area contributed by atoms with Gasteiger partial charge in [-0.2, -0.15) is 4.98 Å². The fourth-order valence-electron chi connectivity index (χ4n) is 2.09. The fourth-order valence-corrected chi connectivity index (χ4v) is 2.09. The number of carbonyl (C=O) groups excluding carboxylic acids is 2. The van der Waals surface area contributed by atoms with E-state index in [0.717, 1.165) is 0 Å². The second-order valence-electron chi connectivity index (χ2n) is 5.18. The molecule has 25 heavy (non-hydrogen) atoms. The van der Waals surface area contributed by atoms with Crippen molar-refractivity contribution in [3.8, 4) is 5.75 Å². The molecule has 9 nitrogen and oxygen atoms in total. The third-order valence-corrected chi connectivity index (χ3v) is 3.44. The van der Waals surface area contributed by atoms with Gasteiger partial charge >= 0.3 is 0 Å². The molecule has 0 aliphatic heterocycles. The molecule has 0 aliphatic carbocycles. The van der Waals surface area contributed by atoms with E-state index in [2.05, 4.69) is 20.6 Å². The molecule has 2 aromatic rings. The lowest BCUT2D eigenvalue weighted by atomic mass is 10.2. The second kappa shape index (κ2) is 7.95. The maximum Gasteiger partial charge on any atom is 0.254 e. The Morgan fingerprint density at radius 3 is 2.68 bits per heavy atom. The number of primary amides is 2. The number of anilines is 3. The van der Waals surface area contributed by atoms with Crippen molar-refractivity contribution in [1.82, 2.24) is 9.97 Å². The van der Waals surface area contributed by atoms with Gasteiger partial charge in [0.15, 0.2) is 0 Å². The van der Waals surface area contributed by atoms with Crippen molar-refractivity contribution in [2.45, 2.75) is 19.4 Å². The first-order valence-corrected chi connectivity index (χ1v) is 7.58. The van der Waals surface area contributed by atoms with Crippen LogP contribution in [0.3, 0.4) is 0 Å². The average molecular weight is 344 g/mol. The van der Waals surface area contributed by atoms with Crippen molar-refractivity contribution >= 4 is 29.3 Å². The van der Waals surface area contributed by atoms with E-state index in [1.54, 1.807) is 38.3 Å². The van der Waals surface area contributed by atoms with E-state index in [1.165, 1.54) is 6.20 Å². The third-order valence-electron chi connectivity index (χ3n) is 3.44. The molecular weight excluding hydrogens is 324 g/mol. The van der Waals surface area contributed by atoms with Crippen LogP contribution in [0.15, 0.2) is 30.5 Å². The first-order chi connectivity index (χ1) is 11.9. The van der Waals surface area contributed by atoms with E-state index in [0.29, 0.717) is 17.9 Å². The third kappa shape index (κ3) is 4.56. The maximum atomic E-state index is 11.6. The van der Waals surface area contributed by atoms with Gasteiger partial charge in [-0.3, -0.25) is 9.59 Å². The summed E-state index contributed by atoms with van der Waals surface area (Å²) < 4.78 is 5.16. The Bertz CT molecular complexity index is 780. The Hall–Kier alpha value is -3.36. The number of aromatic nitrogens is 2. The molecule has 0 bridgehead atoms. The summed E-state index contributed by atoms with van der Waals surface area (Å²) >= 11 is 0. The Morgan fingerprint density at radius 2 is 2.08 bits per heavy atom. The number of nitrogens with two attached hydrogens (primary N) is 2. The molecule has 0 fully saturated rings.